The van der Waals surface area contributed by atoms with Gasteiger partial charge in [-0.25, -0.2) is 0 Å². The standard InChI is InChI=1S/C32H51Br5N8O3S/c33-16-10-9-15-17(20(16)34)30-43-29(15)41-27-12-6-2-1-5-11(12)25(39-27)38-26-13-7-3-4-8-14(13)28(40-26)42-32-19-18(31(44-30)45-32)21(35)22(36)23(37)24(19)49(46,47)48/h11-32,38-45H,1-10H2,(H,46,47,48). The number of halogens is 5. The van der Waals surface area contributed by atoms with Crippen molar-refractivity contribution in [2.24, 2.45) is 47.3 Å². The molecule has 5 saturated heterocycles. The van der Waals surface area contributed by atoms with Gasteiger partial charge in [0, 0.05) is 41.9 Å². The van der Waals surface area contributed by atoms with Crippen molar-refractivity contribution in [2.45, 2.75) is 143 Å². The first-order valence-corrected chi connectivity index (χ1v) is 24.8. The number of nitrogens with one attached hydrogen (secondary N) is 8. The van der Waals surface area contributed by atoms with Gasteiger partial charge >= 0.3 is 0 Å². The number of alkyl halides is 5. The lowest BCUT2D eigenvalue weighted by Crippen LogP contribution is -2.62. The van der Waals surface area contributed by atoms with Crippen LogP contribution >= 0.6 is 79.6 Å². The quantitative estimate of drug-likeness (QED) is 0.141. The molecule has 5 aliphatic heterocycles. The highest BCUT2D eigenvalue weighted by molar-refractivity contribution is 9.13. The first-order valence-electron chi connectivity index (χ1n) is 18.7. The predicted octanol–water partition coefficient (Wildman–Crippen LogP) is 3.34. The SMILES string of the molecule is O=S(=O)(O)C1C(Br)C(Br)C(Br)C2C3NC4NC(NC5NC(NC6NC(NC(N3)C21)C1CCCCC61)C1CCCCC51)C1CCC(Br)C(Br)C41. The van der Waals surface area contributed by atoms with E-state index in [1.165, 1.54) is 44.9 Å². The molecule has 9 N–H and O–H groups in total. The van der Waals surface area contributed by atoms with E-state index >= 15 is 0 Å². The topological polar surface area (TPSA) is 151 Å². The van der Waals surface area contributed by atoms with Gasteiger partial charge < -0.3 is 0 Å². The molecule has 49 heavy (non-hydrogen) atoms. The van der Waals surface area contributed by atoms with Crippen molar-refractivity contribution in [2.75, 3.05) is 0 Å². The second-order valence-electron chi connectivity index (χ2n) is 16.6. The van der Waals surface area contributed by atoms with E-state index in [4.69, 9.17) is 0 Å². The highest BCUT2D eigenvalue weighted by Crippen LogP contribution is 2.51. The van der Waals surface area contributed by atoms with Crippen molar-refractivity contribution in [3.05, 3.63) is 0 Å². The molecule has 22 unspecified atom stereocenters. The zero-order chi connectivity index (χ0) is 33.9. The molecule has 11 nitrogen and oxygen atoms in total. The van der Waals surface area contributed by atoms with E-state index in [0.717, 1.165) is 19.3 Å². The lowest BCUT2D eigenvalue weighted by Gasteiger charge is -2.45. The van der Waals surface area contributed by atoms with Crippen molar-refractivity contribution >= 4 is 89.8 Å². The molecule has 9 aliphatic rings. The van der Waals surface area contributed by atoms with E-state index in [1.807, 2.05) is 0 Å². The molecule has 9 fully saturated rings. The molecule has 4 aliphatic carbocycles. The molecule has 278 valence electrons. The minimum absolute atomic E-state index is 0.00873. The molecule has 0 aromatic carbocycles. The lowest BCUT2D eigenvalue weighted by molar-refractivity contribution is 0.173. The minimum atomic E-state index is -4.39. The first-order chi connectivity index (χ1) is 23.5. The molecule has 0 aromatic heterocycles. The van der Waals surface area contributed by atoms with Gasteiger partial charge in [0.2, 0.25) is 0 Å². The third-order valence-corrected chi connectivity index (χ3v) is 23.9. The van der Waals surface area contributed by atoms with Gasteiger partial charge in [0.15, 0.2) is 0 Å². The monoisotopic (exact) mass is 1020 g/mol. The molecular formula is C32H51Br5N8O3S. The van der Waals surface area contributed by atoms with E-state index < -0.39 is 20.2 Å². The van der Waals surface area contributed by atoms with Crippen LogP contribution in [0.4, 0.5) is 0 Å². The Labute approximate surface area is 332 Å². The van der Waals surface area contributed by atoms with Crippen LogP contribution in [-0.4, -0.2) is 91.7 Å². The zero-order valence-corrected chi connectivity index (χ0v) is 36.1. The van der Waals surface area contributed by atoms with E-state index in [-0.39, 0.29) is 75.6 Å². The van der Waals surface area contributed by atoms with Gasteiger partial charge in [0.1, 0.15) is 5.25 Å². The summed E-state index contributed by atoms with van der Waals surface area (Å²) in [5, 5.41) is 31.5. The van der Waals surface area contributed by atoms with E-state index in [9.17, 15) is 13.0 Å². The molecule has 0 amide bonds. The summed E-state index contributed by atoms with van der Waals surface area (Å²) in [7, 11) is -4.39. The molecule has 22 atom stereocenters. The number of rotatable bonds is 1. The smallest absolute Gasteiger partial charge is 0.269 e. The second-order valence-corrected chi connectivity index (χ2v) is 23.6. The van der Waals surface area contributed by atoms with Crippen LogP contribution in [0.1, 0.15) is 64.2 Å². The number of fused-ring (bicyclic) bond motifs is 20. The van der Waals surface area contributed by atoms with Crippen LogP contribution in [0.15, 0.2) is 0 Å². The minimum Gasteiger partial charge on any atom is -0.286 e. The summed E-state index contributed by atoms with van der Waals surface area (Å²) in [5.74, 6) is 2.36. The Morgan fingerprint density at radius 2 is 0.796 bits per heavy atom. The molecular weight excluding hydrogens is 976 g/mol. The summed E-state index contributed by atoms with van der Waals surface area (Å²) < 4.78 is 37.4. The van der Waals surface area contributed by atoms with Crippen LogP contribution in [0.5, 0.6) is 0 Å². The van der Waals surface area contributed by atoms with E-state index in [2.05, 4.69) is 122 Å². The van der Waals surface area contributed by atoms with Crippen molar-refractivity contribution < 1.29 is 13.0 Å². The molecule has 8 bridgehead atoms. The third-order valence-electron chi connectivity index (χ3n) is 14.4. The van der Waals surface area contributed by atoms with E-state index in [0.29, 0.717) is 40.3 Å². The van der Waals surface area contributed by atoms with Crippen LogP contribution in [0.3, 0.4) is 0 Å². The van der Waals surface area contributed by atoms with Crippen LogP contribution < -0.4 is 42.5 Å². The van der Waals surface area contributed by atoms with Gasteiger partial charge in [-0.15, -0.1) is 0 Å². The van der Waals surface area contributed by atoms with Crippen LogP contribution in [0.2, 0.25) is 0 Å². The fourth-order valence-electron chi connectivity index (χ4n) is 12.3. The predicted molar refractivity (Wildman–Crippen MR) is 208 cm³/mol. The molecule has 0 radical (unpaired) electrons. The van der Waals surface area contributed by atoms with Crippen LogP contribution in [-0.2, 0) is 10.1 Å². The molecule has 17 heteroatoms. The molecule has 4 saturated carbocycles. The van der Waals surface area contributed by atoms with Crippen LogP contribution in [0, 0.1) is 47.3 Å². The number of hydrogen-bond donors (Lipinski definition) is 9. The Morgan fingerprint density at radius 3 is 1.27 bits per heavy atom. The van der Waals surface area contributed by atoms with Gasteiger partial charge in [-0.05, 0) is 68.1 Å². The Morgan fingerprint density at radius 1 is 0.408 bits per heavy atom. The van der Waals surface area contributed by atoms with Gasteiger partial charge in [-0.2, -0.15) is 8.42 Å². The highest BCUT2D eigenvalue weighted by Gasteiger charge is 2.63. The van der Waals surface area contributed by atoms with E-state index in [1.54, 1.807) is 0 Å². The molecule has 5 heterocycles. The van der Waals surface area contributed by atoms with Crippen molar-refractivity contribution in [1.82, 2.24) is 42.5 Å². The Bertz CT molecular complexity index is 1360. The fraction of sp³-hybridized carbons (Fsp3) is 1.00. The number of hydrogen-bond acceptors (Lipinski definition) is 10. The maximum absolute atomic E-state index is 13.3. The summed E-state index contributed by atoms with van der Waals surface area (Å²) in [6, 6.07) is 0. The lowest BCUT2D eigenvalue weighted by atomic mass is 9.76. The summed E-state index contributed by atoms with van der Waals surface area (Å²) in [4.78, 5) is -0.0554. The summed E-state index contributed by atoms with van der Waals surface area (Å²) in [6.45, 7) is 0. The Balaban J connectivity index is 1.12. The first kappa shape index (κ1) is 36.6. The van der Waals surface area contributed by atoms with Gasteiger partial charge in [-0.1, -0.05) is 105 Å². The maximum atomic E-state index is 13.3. The van der Waals surface area contributed by atoms with Gasteiger partial charge in [0.25, 0.3) is 10.1 Å². The molecule has 9 rings (SSSR count). The van der Waals surface area contributed by atoms with Crippen LogP contribution in [0.25, 0.3) is 0 Å². The van der Waals surface area contributed by atoms with Crippen molar-refractivity contribution in [3.63, 3.8) is 0 Å². The average molecular weight is 1030 g/mol. The zero-order valence-electron chi connectivity index (χ0n) is 27.3. The molecule has 0 aromatic rings. The normalized spacial score (nSPS) is 58.7. The fourth-order valence-corrected chi connectivity index (χ4v) is 18.9. The third kappa shape index (κ3) is 6.32. The van der Waals surface area contributed by atoms with Crippen molar-refractivity contribution in [3.8, 4) is 0 Å². The van der Waals surface area contributed by atoms with Crippen molar-refractivity contribution in [1.29, 1.82) is 0 Å². The Hall–Kier alpha value is 1.99. The molecule has 0 spiro atoms. The highest BCUT2D eigenvalue weighted by atomic mass is 79.9. The maximum Gasteiger partial charge on any atom is 0.269 e. The largest absolute Gasteiger partial charge is 0.286 e. The van der Waals surface area contributed by atoms with Gasteiger partial charge in [-0.3, -0.25) is 47.1 Å². The summed E-state index contributed by atoms with van der Waals surface area (Å²) in [5.41, 5.74) is 0. The summed E-state index contributed by atoms with van der Waals surface area (Å²) >= 11 is 19.8. The average Bonchev–Trinajstić information content (AvgIpc) is 3.80. The summed E-state index contributed by atoms with van der Waals surface area (Å²) in [6.07, 6.45) is 12.4. The Kier molecular flexibility index (Phi) is 10.6. The second kappa shape index (κ2) is 14.2. The van der Waals surface area contributed by atoms with Gasteiger partial charge in [0.05, 0.1) is 49.3 Å².